The summed E-state index contributed by atoms with van der Waals surface area (Å²) in [6.45, 7) is 1.96. The average Bonchev–Trinajstić information content (AvgIpc) is 3.13. The van der Waals surface area contributed by atoms with Gasteiger partial charge in [-0.1, -0.05) is 6.42 Å². The van der Waals surface area contributed by atoms with Crippen LogP contribution in [0.4, 0.5) is 0 Å². The van der Waals surface area contributed by atoms with E-state index in [-0.39, 0.29) is 48.4 Å². The molecule has 1 aliphatic carbocycles. The zero-order valence-electron chi connectivity index (χ0n) is 16.0. The van der Waals surface area contributed by atoms with Crippen LogP contribution in [0.1, 0.15) is 38.4 Å². The van der Waals surface area contributed by atoms with Crippen LogP contribution < -0.4 is 10.6 Å². The van der Waals surface area contributed by atoms with E-state index >= 15 is 0 Å². The highest BCUT2D eigenvalue weighted by molar-refractivity contribution is 14.0. The summed E-state index contributed by atoms with van der Waals surface area (Å²) in [6.07, 6.45) is 5.30. The molecule has 1 amide bonds. The molecule has 1 aliphatic rings. The highest BCUT2D eigenvalue weighted by Crippen LogP contribution is 2.25. The number of nitrogens with one attached hydrogen (secondary N) is 2. The zero-order chi connectivity index (χ0) is 18.4. The largest absolute Gasteiger partial charge is 0.466 e. The van der Waals surface area contributed by atoms with Gasteiger partial charge in [-0.15, -0.1) is 24.0 Å². The molecule has 26 heavy (non-hydrogen) atoms. The van der Waals surface area contributed by atoms with Crippen LogP contribution in [0.5, 0.6) is 0 Å². The smallest absolute Gasteiger partial charge is 0.225 e. The summed E-state index contributed by atoms with van der Waals surface area (Å²) >= 11 is 0. The first-order valence-corrected chi connectivity index (χ1v) is 8.78. The van der Waals surface area contributed by atoms with E-state index < -0.39 is 5.60 Å². The molecule has 8 heteroatoms. The Hall–Kier alpha value is -1.29. The van der Waals surface area contributed by atoms with E-state index in [9.17, 15) is 9.90 Å². The Kier molecular flexibility index (Phi) is 8.88. The maximum absolute atomic E-state index is 12.2. The van der Waals surface area contributed by atoms with Gasteiger partial charge in [-0.05, 0) is 38.3 Å². The Morgan fingerprint density at radius 1 is 1.46 bits per heavy atom. The molecule has 3 unspecified atom stereocenters. The summed E-state index contributed by atoms with van der Waals surface area (Å²) in [7, 11) is 5.30. The minimum Gasteiger partial charge on any atom is -0.466 e. The maximum Gasteiger partial charge on any atom is 0.225 e. The van der Waals surface area contributed by atoms with E-state index in [2.05, 4.69) is 15.6 Å². The fraction of sp³-hybridized carbons (Fsp3) is 0.667. The van der Waals surface area contributed by atoms with Crippen LogP contribution in [0.25, 0.3) is 0 Å². The molecule has 1 aromatic rings. The Morgan fingerprint density at radius 2 is 2.19 bits per heavy atom. The first kappa shape index (κ1) is 22.8. The summed E-state index contributed by atoms with van der Waals surface area (Å²) in [5, 5.41) is 17.0. The van der Waals surface area contributed by atoms with Crippen LogP contribution in [0, 0.1) is 5.92 Å². The molecule has 0 spiro atoms. The number of hydrogen-bond donors (Lipinski definition) is 3. The lowest BCUT2D eigenvalue weighted by Gasteiger charge is -2.32. The topological polar surface area (TPSA) is 90.1 Å². The Labute approximate surface area is 172 Å². The molecule has 1 saturated carbocycles. The van der Waals surface area contributed by atoms with Gasteiger partial charge in [0.05, 0.1) is 12.8 Å². The minimum absolute atomic E-state index is 0. The van der Waals surface area contributed by atoms with Gasteiger partial charge in [-0.3, -0.25) is 9.79 Å². The van der Waals surface area contributed by atoms with E-state index in [1.165, 1.54) is 0 Å². The van der Waals surface area contributed by atoms with Crippen molar-refractivity contribution in [3.8, 4) is 0 Å². The number of halogens is 1. The fourth-order valence-corrected chi connectivity index (χ4v) is 3.23. The first-order valence-electron chi connectivity index (χ1n) is 8.78. The molecule has 1 aromatic heterocycles. The monoisotopic (exact) mass is 478 g/mol. The molecule has 7 nitrogen and oxygen atoms in total. The fourth-order valence-electron chi connectivity index (χ4n) is 3.23. The highest BCUT2D eigenvalue weighted by Gasteiger charge is 2.30. The summed E-state index contributed by atoms with van der Waals surface area (Å²) in [4.78, 5) is 18.1. The van der Waals surface area contributed by atoms with Gasteiger partial charge in [0, 0.05) is 33.1 Å². The van der Waals surface area contributed by atoms with Gasteiger partial charge in [0.1, 0.15) is 11.4 Å². The Morgan fingerprint density at radius 3 is 2.77 bits per heavy atom. The number of carbonyl (C=O) groups is 1. The van der Waals surface area contributed by atoms with Gasteiger partial charge in [-0.2, -0.15) is 0 Å². The van der Waals surface area contributed by atoms with Gasteiger partial charge in [0.2, 0.25) is 5.91 Å². The normalized spacial score (nSPS) is 22.7. The summed E-state index contributed by atoms with van der Waals surface area (Å²) in [5.41, 5.74) is -1.13. The van der Waals surface area contributed by atoms with Crippen molar-refractivity contribution in [3.05, 3.63) is 24.2 Å². The van der Waals surface area contributed by atoms with Crippen molar-refractivity contribution in [1.29, 1.82) is 0 Å². The van der Waals surface area contributed by atoms with E-state index in [1.54, 1.807) is 51.4 Å². The van der Waals surface area contributed by atoms with E-state index in [1.807, 2.05) is 0 Å². The number of rotatable bonds is 5. The molecule has 1 heterocycles. The quantitative estimate of drug-likeness (QED) is 0.342. The van der Waals surface area contributed by atoms with E-state index in [0.29, 0.717) is 11.7 Å². The lowest BCUT2D eigenvalue weighted by molar-refractivity contribution is -0.134. The van der Waals surface area contributed by atoms with E-state index in [0.717, 1.165) is 25.7 Å². The van der Waals surface area contributed by atoms with Crippen molar-refractivity contribution >= 4 is 35.8 Å². The van der Waals surface area contributed by atoms with Gasteiger partial charge < -0.3 is 25.1 Å². The van der Waals surface area contributed by atoms with Crippen molar-refractivity contribution in [2.24, 2.45) is 10.9 Å². The second kappa shape index (κ2) is 10.1. The predicted octanol–water partition coefficient (Wildman–Crippen LogP) is 1.92. The second-order valence-corrected chi connectivity index (χ2v) is 7.11. The molecule has 148 valence electrons. The third-order valence-electron chi connectivity index (χ3n) is 4.68. The van der Waals surface area contributed by atoms with Crippen molar-refractivity contribution < 1.29 is 14.3 Å². The molecule has 2 rings (SSSR count). The predicted molar refractivity (Wildman–Crippen MR) is 113 cm³/mol. The van der Waals surface area contributed by atoms with Crippen LogP contribution in [0.2, 0.25) is 0 Å². The van der Waals surface area contributed by atoms with Gasteiger partial charge in [0.25, 0.3) is 0 Å². The molecule has 3 atom stereocenters. The molecule has 0 radical (unpaired) electrons. The van der Waals surface area contributed by atoms with Gasteiger partial charge in [-0.25, -0.2) is 0 Å². The number of carbonyl (C=O) groups excluding carboxylic acids is 1. The highest BCUT2D eigenvalue weighted by atomic mass is 127. The number of amides is 1. The molecule has 0 aliphatic heterocycles. The minimum atomic E-state index is -1.13. The Bertz CT molecular complexity index is 587. The molecule has 1 fully saturated rings. The number of furan rings is 1. The first-order chi connectivity index (χ1) is 11.8. The molecule has 0 aromatic carbocycles. The molecule has 3 N–H and O–H groups in total. The van der Waals surface area contributed by atoms with Crippen LogP contribution >= 0.6 is 24.0 Å². The summed E-state index contributed by atoms with van der Waals surface area (Å²) in [5.74, 6) is 1.38. The van der Waals surface area contributed by atoms with Crippen molar-refractivity contribution in [2.45, 2.75) is 44.2 Å². The summed E-state index contributed by atoms with van der Waals surface area (Å²) in [6, 6.07) is 3.69. The maximum atomic E-state index is 12.2. The van der Waals surface area contributed by atoms with Crippen molar-refractivity contribution in [3.63, 3.8) is 0 Å². The molecular formula is C18H31IN4O3. The number of guanidine groups is 1. The van der Waals surface area contributed by atoms with Crippen LogP contribution in [-0.2, 0) is 10.4 Å². The van der Waals surface area contributed by atoms with Crippen LogP contribution in [0.15, 0.2) is 27.8 Å². The lowest BCUT2D eigenvalue weighted by atomic mass is 9.85. The Balaban J connectivity index is 0.00000338. The third kappa shape index (κ3) is 6.15. The number of aliphatic imine (C=N–C) groups is 1. The standard InChI is InChI=1S/C18H30N4O3.HI/c1-18(24,15-9-6-10-25-15)12-20-17(19-2)21-14-8-5-7-13(11-14)16(23)22(3)4;/h6,9-10,13-14,24H,5,7-8,11-12H2,1-4H3,(H2,19,20,21);1H. The summed E-state index contributed by atoms with van der Waals surface area (Å²) < 4.78 is 5.28. The average molecular weight is 478 g/mol. The SMILES string of the molecule is CN=C(NCC(C)(O)c1ccco1)NC1CCCC(C(=O)N(C)C)C1.I. The zero-order valence-corrected chi connectivity index (χ0v) is 18.3. The number of aliphatic hydroxyl groups is 1. The van der Waals surface area contributed by atoms with Crippen molar-refractivity contribution in [1.82, 2.24) is 15.5 Å². The van der Waals surface area contributed by atoms with Crippen LogP contribution in [-0.4, -0.2) is 55.6 Å². The van der Waals surface area contributed by atoms with Gasteiger partial charge >= 0.3 is 0 Å². The van der Waals surface area contributed by atoms with Crippen LogP contribution in [0.3, 0.4) is 0 Å². The molecule has 0 bridgehead atoms. The molecular weight excluding hydrogens is 447 g/mol. The van der Waals surface area contributed by atoms with Crippen molar-refractivity contribution in [2.75, 3.05) is 27.7 Å². The number of nitrogens with zero attached hydrogens (tertiary/aromatic N) is 2. The lowest BCUT2D eigenvalue weighted by Crippen LogP contribution is -2.49. The number of hydrogen-bond acceptors (Lipinski definition) is 4. The second-order valence-electron chi connectivity index (χ2n) is 7.11. The van der Waals surface area contributed by atoms with E-state index in [4.69, 9.17) is 4.42 Å². The molecule has 0 saturated heterocycles. The van der Waals surface area contributed by atoms with Gasteiger partial charge in [0.15, 0.2) is 5.96 Å². The third-order valence-corrected chi connectivity index (χ3v) is 4.68.